The molecule has 0 atom stereocenters. The highest BCUT2D eigenvalue weighted by atomic mass is 79.9. The van der Waals surface area contributed by atoms with Crippen molar-refractivity contribution in [2.75, 3.05) is 11.9 Å². The number of ether oxygens (including phenoxy) is 1. The predicted octanol–water partition coefficient (Wildman–Crippen LogP) is 4.37. The van der Waals surface area contributed by atoms with Crippen molar-refractivity contribution in [1.82, 2.24) is 0 Å². The molecule has 2 aromatic rings. The van der Waals surface area contributed by atoms with Gasteiger partial charge in [-0.2, -0.15) is 0 Å². The molecule has 0 saturated heterocycles. The molecular formula is C14H10Br2FNO2. The van der Waals surface area contributed by atoms with E-state index in [1.807, 2.05) is 12.1 Å². The second kappa shape index (κ2) is 6.85. The molecule has 0 aromatic heterocycles. The summed E-state index contributed by atoms with van der Waals surface area (Å²) in [5.74, 6) is -0.446. The van der Waals surface area contributed by atoms with Gasteiger partial charge in [-0.3, -0.25) is 4.79 Å². The SMILES string of the molecule is O=C(COc1cc(F)cc(Br)c1)Nc1ccc(Br)cc1. The summed E-state index contributed by atoms with van der Waals surface area (Å²) in [7, 11) is 0. The fourth-order valence-corrected chi connectivity index (χ4v) is 2.20. The second-order valence-electron chi connectivity index (χ2n) is 3.95. The average Bonchev–Trinajstić information content (AvgIpc) is 2.38. The van der Waals surface area contributed by atoms with Crippen molar-refractivity contribution >= 4 is 43.5 Å². The number of anilines is 1. The van der Waals surface area contributed by atoms with Crippen molar-refractivity contribution in [3.05, 3.63) is 57.2 Å². The van der Waals surface area contributed by atoms with Crippen molar-refractivity contribution in [3.63, 3.8) is 0 Å². The van der Waals surface area contributed by atoms with Crippen LogP contribution in [0.3, 0.4) is 0 Å². The molecule has 0 aliphatic rings. The average molecular weight is 403 g/mol. The maximum absolute atomic E-state index is 13.1. The topological polar surface area (TPSA) is 38.3 Å². The smallest absolute Gasteiger partial charge is 0.262 e. The van der Waals surface area contributed by atoms with Gasteiger partial charge in [0.05, 0.1) is 0 Å². The Kier molecular flexibility index (Phi) is 5.14. The largest absolute Gasteiger partial charge is 0.484 e. The van der Waals surface area contributed by atoms with Crippen molar-refractivity contribution in [3.8, 4) is 5.75 Å². The molecule has 0 heterocycles. The number of carbonyl (C=O) groups excluding carboxylic acids is 1. The summed E-state index contributed by atoms with van der Waals surface area (Å²) in [4.78, 5) is 11.7. The van der Waals surface area contributed by atoms with Gasteiger partial charge in [0.15, 0.2) is 6.61 Å². The zero-order valence-electron chi connectivity index (χ0n) is 10.2. The normalized spacial score (nSPS) is 10.2. The third-order valence-corrected chi connectivity index (χ3v) is 3.32. The highest BCUT2D eigenvalue weighted by Gasteiger charge is 2.05. The lowest BCUT2D eigenvalue weighted by atomic mass is 10.3. The van der Waals surface area contributed by atoms with E-state index in [4.69, 9.17) is 4.74 Å². The van der Waals surface area contributed by atoms with Gasteiger partial charge in [-0.25, -0.2) is 4.39 Å². The van der Waals surface area contributed by atoms with Crippen LogP contribution in [0.5, 0.6) is 5.75 Å². The van der Waals surface area contributed by atoms with E-state index in [0.717, 1.165) is 4.47 Å². The minimum atomic E-state index is -0.428. The van der Waals surface area contributed by atoms with Crippen molar-refractivity contribution in [2.24, 2.45) is 0 Å². The van der Waals surface area contributed by atoms with Gasteiger partial charge in [0, 0.05) is 20.7 Å². The van der Waals surface area contributed by atoms with Crippen molar-refractivity contribution in [1.29, 1.82) is 0 Å². The number of hydrogen-bond acceptors (Lipinski definition) is 2. The highest BCUT2D eigenvalue weighted by molar-refractivity contribution is 9.10. The molecule has 0 fully saturated rings. The zero-order valence-corrected chi connectivity index (χ0v) is 13.4. The van der Waals surface area contributed by atoms with Crippen LogP contribution in [0.15, 0.2) is 51.4 Å². The quantitative estimate of drug-likeness (QED) is 0.824. The van der Waals surface area contributed by atoms with Crippen LogP contribution in [0.1, 0.15) is 0 Å². The second-order valence-corrected chi connectivity index (χ2v) is 5.78. The van der Waals surface area contributed by atoms with Crippen LogP contribution in [-0.2, 0) is 4.79 Å². The van der Waals surface area contributed by atoms with Crippen LogP contribution in [0, 0.1) is 5.82 Å². The van der Waals surface area contributed by atoms with E-state index < -0.39 is 5.82 Å². The minimum Gasteiger partial charge on any atom is -0.484 e. The summed E-state index contributed by atoms with van der Waals surface area (Å²) in [5.41, 5.74) is 0.669. The lowest BCUT2D eigenvalue weighted by molar-refractivity contribution is -0.118. The molecule has 0 bridgehead atoms. The lowest BCUT2D eigenvalue weighted by Crippen LogP contribution is -2.20. The summed E-state index contributed by atoms with van der Waals surface area (Å²) >= 11 is 6.46. The Balaban J connectivity index is 1.90. The van der Waals surface area contributed by atoms with Crippen LogP contribution in [-0.4, -0.2) is 12.5 Å². The molecule has 104 valence electrons. The molecule has 0 saturated carbocycles. The van der Waals surface area contributed by atoms with E-state index in [1.165, 1.54) is 12.1 Å². The molecule has 0 aliphatic heterocycles. The number of nitrogens with one attached hydrogen (secondary N) is 1. The van der Waals surface area contributed by atoms with Gasteiger partial charge in [0.25, 0.3) is 5.91 Å². The number of benzene rings is 2. The fraction of sp³-hybridized carbons (Fsp3) is 0.0714. The van der Waals surface area contributed by atoms with Gasteiger partial charge < -0.3 is 10.1 Å². The Bertz CT molecular complexity index is 597. The Labute approximate surface area is 132 Å². The van der Waals surface area contributed by atoms with Crippen molar-refractivity contribution < 1.29 is 13.9 Å². The molecule has 1 N–H and O–H groups in total. The van der Waals surface area contributed by atoms with Crippen LogP contribution < -0.4 is 10.1 Å². The molecule has 2 aromatic carbocycles. The monoisotopic (exact) mass is 401 g/mol. The van der Waals surface area contributed by atoms with E-state index in [-0.39, 0.29) is 12.5 Å². The number of rotatable bonds is 4. The summed E-state index contributed by atoms with van der Waals surface area (Å²) in [6.45, 7) is -0.189. The molecule has 0 aliphatic carbocycles. The molecule has 1 amide bonds. The first-order valence-corrected chi connectivity index (χ1v) is 7.26. The molecule has 20 heavy (non-hydrogen) atoms. The Morgan fingerprint density at radius 1 is 1.10 bits per heavy atom. The minimum absolute atomic E-state index is 0.189. The Morgan fingerprint density at radius 3 is 2.45 bits per heavy atom. The Hall–Kier alpha value is -1.40. The molecule has 3 nitrogen and oxygen atoms in total. The maximum atomic E-state index is 13.1. The van der Waals surface area contributed by atoms with E-state index >= 15 is 0 Å². The third kappa shape index (κ3) is 4.61. The van der Waals surface area contributed by atoms with Gasteiger partial charge in [-0.1, -0.05) is 31.9 Å². The summed E-state index contributed by atoms with van der Waals surface area (Å²) in [5, 5.41) is 2.68. The molecule has 2 rings (SSSR count). The van der Waals surface area contributed by atoms with E-state index in [1.54, 1.807) is 18.2 Å². The van der Waals surface area contributed by atoms with Gasteiger partial charge >= 0.3 is 0 Å². The standard InChI is InChI=1S/C14H10Br2FNO2/c15-9-1-3-12(4-2-9)18-14(19)8-20-13-6-10(16)5-11(17)7-13/h1-7H,8H2,(H,18,19). The summed E-state index contributed by atoms with van der Waals surface area (Å²) in [6, 6.07) is 11.3. The Morgan fingerprint density at radius 2 is 1.80 bits per heavy atom. The van der Waals surface area contributed by atoms with Crippen LogP contribution in [0.25, 0.3) is 0 Å². The van der Waals surface area contributed by atoms with Gasteiger partial charge in [-0.15, -0.1) is 0 Å². The van der Waals surface area contributed by atoms with Gasteiger partial charge in [-0.05, 0) is 36.4 Å². The summed E-state index contributed by atoms with van der Waals surface area (Å²) < 4.78 is 19.8. The summed E-state index contributed by atoms with van der Waals surface area (Å²) in [6.07, 6.45) is 0. The van der Waals surface area contributed by atoms with E-state index in [0.29, 0.717) is 15.9 Å². The van der Waals surface area contributed by atoms with E-state index in [9.17, 15) is 9.18 Å². The fourth-order valence-electron chi connectivity index (χ4n) is 1.49. The molecular weight excluding hydrogens is 393 g/mol. The molecule has 0 radical (unpaired) electrons. The molecule has 6 heteroatoms. The number of carbonyl (C=O) groups is 1. The number of amides is 1. The first-order valence-electron chi connectivity index (χ1n) is 5.67. The highest BCUT2D eigenvalue weighted by Crippen LogP contribution is 2.20. The lowest BCUT2D eigenvalue weighted by Gasteiger charge is -2.08. The maximum Gasteiger partial charge on any atom is 0.262 e. The van der Waals surface area contributed by atoms with Crippen LogP contribution in [0.4, 0.5) is 10.1 Å². The van der Waals surface area contributed by atoms with Gasteiger partial charge in [0.2, 0.25) is 0 Å². The molecule has 0 unspecified atom stereocenters. The zero-order chi connectivity index (χ0) is 14.5. The third-order valence-electron chi connectivity index (χ3n) is 2.33. The molecule has 0 spiro atoms. The van der Waals surface area contributed by atoms with Gasteiger partial charge in [0.1, 0.15) is 11.6 Å². The van der Waals surface area contributed by atoms with Crippen LogP contribution in [0.2, 0.25) is 0 Å². The first-order chi connectivity index (χ1) is 9.52. The van der Waals surface area contributed by atoms with E-state index in [2.05, 4.69) is 37.2 Å². The first kappa shape index (κ1) is 15.0. The van der Waals surface area contributed by atoms with Crippen molar-refractivity contribution in [2.45, 2.75) is 0 Å². The van der Waals surface area contributed by atoms with Crippen LogP contribution >= 0.6 is 31.9 Å². The number of halogens is 3. The predicted molar refractivity (Wildman–Crippen MR) is 82.4 cm³/mol. The number of hydrogen-bond donors (Lipinski definition) is 1.